The first-order chi connectivity index (χ1) is 13.3. The first-order valence-electron chi connectivity index (χ1n) is 9.01. The molecular weight excluding hydrogens is 383 g/mol. The van der Waals surface area contributed by atoms with Crippen molar-refractivity contribution in [1.82, 2.24) is 15.0 Å². The van der Waals surface area contributed by atoms with E-state index in [1.54, 1.807) is 12.3 Å². The van der Waals surface area contributed by atoms with Crippen LogP contribution in [0, 0.1) is 5.82 Å². The second-order valence-corrected chi connectivity index (χ2v) is 7.76. The predicted octanol–water partition coefficient (Wildman–Crippen LogP) is 3.80. The summed E-state index contributed by atoms with van der Waals surface area (Å²) < 4.78 is 20.4. The van der Waals surface area contributed by atoms with Gasteiger partial charge in [-0.05, 0) is 23.6 Å². The Labute approximate surface area is 166 Å². The number of ether oxygens (including phenoxy) is 1. The van der Waals surface area contributed by atoms with E-state index in [4.69, 9.17) is 22.1 Å². The number of nitrogens with zero attached hydrogens (tertiary/aromatic N) is 3. The average molecular weight is 403 g/mol. The van der Waals surface area contributed by atoms with Crippen molar-refractivity contribution < 1.29 is 14.2 Å². The molecule has 6 nitrogen and oxygen atoms in total. The van der Waals surface area contributed by atoms with Crippen molar-refractivity contribution in [1.29, 1.82) is 0 Å². The smallest absolute Gasteiger partial charge is 0.220 e. The van der Waals surface area contributed by atoms with E-state index in [1.807, 2.05) is 13.8 Å². The summed E-state index contributed by atoms with van der Waals surface area (Å²) in [5.41, 5.74) is 7.09. The van der Waals surface area contributed by atoms with E-state index in [0.717, 1.165) is 5.56 Å². The zero-order chi connectivity index (χ0) is 20.1. The highest BCUT2D eigenvalue weighted by Crippen LogP contribution is 2.40. The predicted molar refractivity (Wildman–Crippen MR) is 106 cm³/mol. The Morgan fingerprint density at radius 2 is 2.07 bits per heavy atom. The highest BCUT2D eigenvalue weighted by atomic mass is 35.5. The van der Waals surface area contributed by atoms with Crippen LogP contribution in [0.4, 0.5) is 10.3 Å². The van der Waals surface area contributed by atoms with Crippen LogP contribution in [0.5, 0.6) is 0 Å². The molecule has 0 spiro atoms. The third-order valence-corrected chi connectivity index (χ3v) is 5.36. The highest BCUT2D eigenvalue weighted by Gasteiger charge is 2.37. The minimum atomic E-state index is -1.13. The van der Waals surface area contributed by atoms with Crippen molar-refractivity contribution in [3.63, 3.8) is 0 Å². The molecule has 0 bridgehead atoms. The Morgan fingerprint density at radius 3 is 2.75 bits per heavy atom. The number of fused-ring (bicyclic) bond motifs is 1. The number of rotatable bonds is 3. The second kappa shape index (κ2) is 6.92. The van der Waals surface area contributed by atoms with E-state index in [9.17, 15) is 9.50 Å². The first kappa shape index (κ1) is 19.0. The van der Waals surface area contributed by atoms with Crippen molar-refractivity contribution in [3.05, 3.63) is 46.5 Å². The molecule has 2 aromatic heterocycles. The SMILES string of the molecule is CC(C)c1c(C2(O)CCOC2)cnc2c(F)cc(-c3nc(N)ncc3Cl)cc12. The van der Waals surface area contributed by atoms with Gasteiger partial charge in [-0.25, -0.2) is 14.4 Å². The molecule has 1 unspecified atom stereocenters. The summed E-state index contributed by atoms with van der Waals surface area (Å²) in [4.78, 5) is 12.3. The number of aromatic nitrogens is 3. The quantitative estimate of drug-likeness (QED) is 0.692. The molecule has 1 atom stereocenters. The fourth-order valence-electron chi connectivity index (χ4n) is 3.76. The van der Waals surface area contributed by atoms with Crippen LogP contribution in [0.3, 0.4) is 0 Å². The summed E-state index contributed by atoms with van der Waals surface area (Å²) in [6.07, 6.45) is 3.42. The normalized spacial score (nSPS) is 19.6. The first-order valence-corrected chi connectivity index (χ1v) is 9.39. The zero-order valence-electron chi connectivity index (χ0n) is 15.5. The molecule has 3 aromatic rings. The van der Waals surface area contributed by atoms with Crippen molar-refractivity contribution >= 4 is 28.5 Å². The molecule has 1 saturated heterocycles. The largest absolute Gasteiger partial charge is 0.383 e. The van der Waals surface area contributed by atoms with E-state index >= 15 is 0 Å². The fourth-order valence-corrected chi connectivity index (χ4v) is 3.96. The Bertz CT molecular complexity index is 1070. The lowest BCUT2D eigenvalue weighted by Gasteiger charge is -2.26. The molecule has 28 heavy (non-hydrogen) atoms. The molecule has 3 heterocycles. The molecule has 1 fully saturated rings. The van der Waals surface area contributed by atoms with Crippen LogP contribution in [-0.4, -0.2) is 33.3 Å². The van der Waals surface area contributed by atoms with Gasteiger partial charge in [0.05, 0.1) is 23.5 Å². The van der Waals surface area contributed by atoms with Gasteiger partial charge in [0.2, 0.25) is 5.95 Å². The summed E-state index contributed by atoms with van der Waals surface area (Å²) in [7, 11) is 0. The minimum absolute atomic E-state index is 0.0192. The lowest BCUT2D eigenvalue weighted by Crippen LogP contribution is -2.28. The standard InChI is InChI=1S/C20H20ClFN4O2/c1-10(2)16-12-5-11(17-14(21)8-25-19(23)26-17)6-15(22)18(12)24-7-13(16)20(27)3-4-28-9-20/h5-8,10,27H,3-4,9H2,1-2H3,(H2,23,25,26). The van der Waals surface area contributed by atoms with E-state index in [1.165, 1.54) is 12.3 Å². The van der Waals surface area contributed by atoms with Gasteiger partial charge in [-0.2, -0.15) is 0 Å². The van der Waals surface area contributed by atoms with Crippen LogP contribution < -0.4 is 5.73 Å². The lowest BCUT2D eigenvalue weighted by atomic mass is 9.84. The van der Waals surface area contributed by atoms with Crippen molar-refractivity contribution in [3.8, 4) is 11.3 Å². The van der Waals surface area contributed by atoms with Crippen LogP contribution >= 0.6 is 11.6 Å². The van der Waals surface area contributed by atoms with Gasteiger partial charge in [0.25, 0.3) is 0 Å². The number of nitrogen functional groups attached to an aromatic ring is 1. The van der Waals surface area contributed by atoms with Gasteiger partial charge in [-0.1, -0.05) is 25.4 Å². The molecule has 0 radical (unpaired) electrons. The number of hydrogen-bond donors (Lipinski definition) is 2. The Hall–Kier alpha value is -2.35. The average Bonchev–Trinajstić information content (AvgIpc) is 3.10. The number of benzene rings is 1. The number of aliphatic hydroxyl groups is 1. The minimum Gasteiger partial charge on any atom is -0.383 e. The summed E-state index contributed by atoms with van der Waals surface area (Å²) in [6, 6.07) is 3.12. The second-order valence-electron chi connectivity index (χ2n) is 7.35. The highest BCUT2D eigenvalue weighted by molar-refractivity contribution is 6.33. The molecule has 1 aromatic carbocycles. The molecule has 0 amide bonds. The number of pyridine rings is 1. The van der Waals surface area contributed by atoms with Crippen LogP contribution in [-0.2, 0) is 10.3 Å². The van der Waals surface area contributed by atoms with Gasteiger partial charge in [0.15, 0.2) is 0 Å². The van der Waals surface area contributed by atoms with Gasteiger partial charge in [0, 0.05) is 35.7 Å². The van der Waals surface area contributed by atoms with Crippen LogP contribution in [0.1, 0.15) is 37.3 Å². The fraction of sp³-hybridized carbons (Fsp3) is 0.350. The summed E-state index contributed by atoms with van der Waals surface area (Å²) in [5.74, 6) is -0.428. The Balaban J connectivity index is 2.02. The summed E-state index contributed by atoms with van der Waals surface area (Å²) in [6.45, 7) is 4.65. The number of nitrogens with two attached hydrogens (primary N) is 1. The topological polar surface area (TPSA) is 94.2 Å². The maximum Gasteiger partial charge on any atom is 0.220 e. The number of anilines is 1. The van der Waals surface area contributed by atoms with E-state index in [0.29, 0.717) is 35.2 Å². The molecule has 1 aliphatic rings. The maximum absolute atomic E-state index is 14.9. The molecule has 3 N–H and O–H groups in total. The van der Waals surface area contributed by atoms with Gasteiger partial charge >= 0.3 is 0 Å². The third kappa shape index (κ3) is 3.09. The van der Waals surface area contributed by atoms with E-state index in [-0.39, 0.29) is 29.0 Å². The Morgan fingerprint density at radius 1 is 1.29 bits per heavy atom. The molecule has 0 aliphatic carbocycles. The van der Waals surface area contributed by atoms with Gasteiger partial charge in [-0.3, -0.25) is 4.98 Å². The molecule has 1 aliphatic heterocycles. The third-order valence-electron chi connectivity index (χ3n) is 5.08. The van der Waals surface area contributed by atoms with Gasteiger partial charge in [-0.15, -0.1) is 0 Å². The maximum atomic E-state index is 14.9. The summed E-state index contributed by atoms with van der Waals surface area (Å²) >= 11 is 6.22. The number of halogens is 2. The van der Waals surface area contributed by atoms with Crippen molar-refractivity contribution in [2.75, 3.05) is 18.9 Å². The van der Waals surface area contributed by atoms with E-state index in [2.05, 4.69) is 15.0 Å². The Kier molecular flexibility index (Phi) is 4.69. The van der Waals surface area contributed by atoms with Gasteiger partial charge < -0.3 is 15.6 Å². The monoisotopic (exact) mass is 402 g/mol. The molecule has 8 heteroatoms. The van der Waals surface area contributed by atoms with Gasteiger partial charge in [0.1, 0.15) is 16.9 Å². The lowest BCUT2D eigenvalue weighted by molar-refractivity contribution is 0.0221. The van der Waals surface area contributed by atoms with Crippen LogP contribution in [0.25, 0.3) is 22.2 Å². The summed E-state index contributed by atoms with van der Waals surface area (Å²) in [5, 5.41) is 11.9. The molecule has 0 saturated carbocycles. The molecular formula is C20H20ClFN4O2. The van der Waals surface area contributed by atoms with Crippen LogP contribution in [0.15, 0.2) is 24.5 Å². The molecule has 146 valence electrons. The van der Waals surface area contributed by atoms with Crippen molar-refractivity contribution in [2.45, 2.75) is 31.8 Å². The van der Waals surface area contributed by atoms with Crippen molar-refractivity contribution in [2.24, 2.45) is 0 Å². The molecule has 4 rings (SSSR count). The number of hydrogen-bond acceptors (Lipinski definition) is 6. The van der Waals surface area contributed by atoms with E-state index < -0.39 is 11.4 Å². The van der Waals surface area contributed by atoms with Crippen LogP contribution in [0.2, 0.25) is 5.02 Å². The zero-order valence-corrected chi connectivity index (χ0v) is 16.3.